The average Bonchev–Trinajstić information content (AvgIpc) is 3.55. The molecule has 3 aromatic carbocycles. The minimum absolute atomic E-state index is 0.0520. The fraction of sp³-hybridized carbons (Fsp3) is 0.294. The van der Waals surface area contributed by atoms with Crippen LogP contribution in [0.5, 0.6) is 11.5 Å². The van der Waals surface area contributed by atoms with Crippen molar-refractivity contribution in [1.29, 1.82) is 0 Å². The Hall–Kier alpha value is -4.39. The molecule has 41 heavy (non-hydrogen) atoms. The lowest BCUT2D eigenvalue weighted by Crippen LogP contribution is -2.14. The number of carbonyl (C=O) groups is 1. The van der Waals surface area contributed by atoms with E-state index in [1.807, 2.05) is 30.3 Å². The van der Waals surface area contributed by atoms with Crippen molar-refractivity contribution in [2.24, 2.45) is 7.05 Å². The van der Waals surface area contributed by atoms with Crippen molar-refractivity contribution in [1.82, 2.24) is 4.57 Å². The van der Waals surface area contributed by atoms with Crippen LogP contribution in [-0.2, 0) is 23.0 Å². The van der Waals surface area contributed by atoms with Crippen molar-refractivity contribution >= 4 is 5.97 Å². The minimum atomic E-state index is -0.421. The largest absolute Gasteiger partial charge is 0.492 e. The van der Waals surface area contributed by atoms with E-state index in [1.54, 1.807) is 23.9 Å². The van der Waals surface area contributed by atoms with Gasteiger partial charge in [0, 0.05) is 42.4 Å². The van der Waals surface area contributed by atoms with Crippen LogP contribution in [0, 0.1) is 19.7 Å². The molecule has 4 aromatic rings. The monoisotopic (exact) mass is 553 g/mol. The summed E-state index contributed by atoms with van der Waals surface area (Å²) in [6, 6.07) is 16.8. The second-order valence-corrected chi connectivity index (χ2v) is 11.0. The lowest BCUT2D eigenvalue weighted by atomic mass is 9.88. The fourth-order valence-corrected chi connectivity index (χ4v) is 6.26. The summed E-state index contributed by atoms with van der Waals surface area (Å²) in [6.45, 7) is 4.53. The van der Waals surface area contributed by atoms with Gasteiger partial charge in [-0.25, -0.2) is 4.39 Å². The number of ether oxygens (including phenoxy) is 3. The lowest BCUT2D eigenvalue weighted by Gasteiger charge is -2.19. The van der Waals surface area contributed by atoms with E-state index in [0.717, 1.165) is 44.5 Å². The van der Waals surface area contributed by atoms with E-state index >= 15 is 4.39 Å². The van der Waals surface area contributed by atoms with Crippen LogP contribution in [0.4, 0.5) is 4.39 Å². The van der Waals surface area contributed by atoms with Crippen LogP contribution in [0.25, 0.3) is 22.3 Å². The molecule has 1 aliphatic carbocycles. The maximum atomic E-state index is 15.3. The van der Waals surface area contributed by atoms with Gasteiger partial charge in [-0.05, 0) is 83.8 Å². The zero-order valence-electron chi connectivity index (χ0n) is 23.6. The van der Waals surface area contributed by atoms with Gasteiger partial charge in [-0.2, -0.15) is 0 Å². The van der Waals surface area contributed by atoms with Crippen LogP contribution >= 0.6 is 0 Å². The molecule has 7 heteroatoms. The number of halogens is 1. The van der Waals surface area contributed by atoms with E-state index < -0.39 is 6.10 Å². The summed E-state index contributed by atoms with van der Waals surface area (Å²) in [5, 5.41) is 0. The van der Waals surface area contributed by atoms with Crippen molar-refractivity contribution < 1.29 is 23.4 Å². The second-order valence-electron chi connectivity index (χ2n) is 11.0. The topological polar surface area (TPSA) is 66.8 Å². The molecule has 0 bridgehead atoms. The van der Waals surface area contributed by atoms with Gasteiger partial charge < -0.3 is 18.8 Å². The summed E-state index contributed by atoms with van der Waals surface area (Å²) in [7, 11) is 3.12. The quantitative estimate of drug-likeness (QED) is 0.252. The number of fused-ring (bicyclic) bond motifs is 2. The number of hydrogen-bond donors (Lipinski definition) is 0. The first-order valence-electron chi connectivity index (χ1n) is 13.8. The lowest BCUT2D eigenvalue weighted by molar-refractivity contribution is -0.141. The molecule has 2 aliphatic rings. The Balaban J connectivity index is 1.30. The number of aryl methyl sites for hydroxylation is 3. The zero-order valence-corrected chi connectivity index (χ0v) is 23.6. The van der Waals surface area contributed by atoms with Gasteiger partial charge in [0.15, 0.2) is 0 Å². The summed E-state index contributed by atoms with van der Waals surface area (Å²) in [5.74, 6) is 0.701. The maximum Gasteiger partial charge on any atom is 0.306 e. The third-order valence-corrected chi connectivity index (χ3v) is 8.31. The highest BCUT2D eigenvalue weighted by Gasteiger charge is 2.32. The van der Waals surface area contributed by atoms with E-state index in [0.29, 0.717) is 36.5 Å². The van der Waals surface area contributed by atoms with Crippen molar-refractivity contribution in [3.8, 4) is 33.8 Å². The summed E-state index contributed by atoms with van der Waals surface area (Å²) >= 11 is 0. The Morgan fingerprint density at radius 2 is 1.83 bits per heavy atom. The molecule has 6 rings (SSSR count). The highest BCUT2D eigenvalue weighted by molar-refractivity contribution is 5.79. The van der Waals surface area contributed by atoms with E-state index in [4.69, 9.17) is 14.2 Å². The average molecular weight is 554 g/mol. The molecule has 0 saturated heterocycles. The highest BCUT2D eigenvalue weighted by Crippen LogP contribution is 2.45. The summed E-state index contributed by atoms with van der Waals surface area (Å²) in [6.07, 6.45) is 2.98. The predicted molar refractivity (Wildman–Crippen MR) is 155 cm³/mol. The number of nitrogens with zero attached hydrogens (tertiary/aromatic N) is 1. The predicted octanol–water partition coefficient (Wildman–Crippen LogP) is 6.58. The molecule has 0 N–H and O–H groups in total. The number of benzene rings is 3. The van der Waals surface area contributed by atoms with Crippen LogP contribution < -0.4 is 15.0 Å². The normalized spacial score (nSPS) is 17.1. The first-order valence-corrected chi connectivity index (χ1v) is 13.8. The van der Waals surface area contributed by atoms with Crippen molar-refractivity contribution in [2.45, 2.75) is 45.1 Å². The van der Waals surface area contributed by atoms with Gasteiger partial charge in [0.1, 0.15) is 23.4 Å². The molecular weight excluding hydrogens is 521 g/mol. The van der Waals surface area contributed by atoms with E-state index in [9.17, 15) is 9.59 Å². The van der Waals surface area contributed by atoms with Crippen LogP contribution in [0.2, 0.25) is 0 Å². The Morgan fingerprint density at radius 1 is 1.05 bits per heavy atom. The van der Waals surface area contributed by atoms with Gasteiger partial charge in [-0.3, -0.25) is 9.59 Å². The van der Waals surface area contributed by atoms with Gasteiger partial charge in [-0.1, -0.05) is 24.3 Å². The van der Waals surface area contributed by atoms with Gasteiger partial charge >= 0.3 is 5.97 Å². The van der Waals surface area contributed by atoms with E-state index in [2.05, 4.69) is 26.0 Å². The van der Waals surface area contributed by atoms with Gasteiger partial charge in [0.05, 0.1) is 20.1 Å². The van der Waals surface area contributed by atoms with Gasteiger partial charge in [-0.15, -0.1) is 0 Å². The second kappa shape index (κ2) is 10.5. The first-order chi connectivity index (χ1) is 19.7. The number of methoxy groups -OCH3 is 1. The smallest absolute Gasteiger partial charge is 0.306 e. The molecule has 0 saturated carbocycles. The van der Waals surface area contributed by atoms with Crippen LogP contribution in [0.15, 0.2) is 65.6 Å². The third kappa shape index (κ3) is 4.90. The standard InChI is InChI=1S/C34H32FNO5/c1-19-13-22(21-11-12-36(3)31(37)15-21)14-20(2)33(19)26-7-9-28(35)34-27(26)8-10-29(34)41-24-5-6-25-23(16-32(38)39-4)18-40-30(25)17-24/h5-7,9,11-15,17,23,29H,8,10,16,18H2,1-4H3/t23?,29-/m1/s1. The molecule has 0 radical (unpaired) electrons. The number of aromatic nitrogens is 1. The Labute approximate surface area is 238 Å². The zero-order chi connectivity index (χ0) is 28.8. The van der Waals surface area contributed by atoms with Gasteiger partial charge in [0.25, 0.3) is 5.56 Å². The van der Waals surface area contributed by atoms with Crippen molar-refractivity contribution in [3.63, 3.8) is 0 Å². The molecule has 2 heterocycles. The molecule has 210 valence electrons. The molecule has 6 nitrogen and oxygen atoms in total. The number of hydrogen-bond acceptors (Lipinski definition) is 5. The highest BCUT2D eigenvalue weighted by atomic mass is 19.1. The SMILES string of the molecule is COC(=O)CC1COc2cc(O[C@@H]3CCc4c(-c5c(C)cc(-c6ccn(C)c(=O)c6)cc5C)ccc(F)c43)ccc21. The van der Waals surface area contributed by atoms with Gasteiger partial charge in [0.2, 0.25) is 0 Å². The summed E-state index contributed by atoms with van der Waals surface area (Å²) < 4.78 is 33.9. The number of pyridine rings is 1. The Bertz CT molecular complexity index is 1720. The first kappa shape index (κ1) is 26.8. The molecule has 1 aliphatic heterocycles. The molecule has 0 spiro atoms. The Morgan fingerprint density at radius 3 is 2.56 bits per heavy atom. The summed E-state index contributed by atoms with van der Waals surface area (Å²) in [4.78, 5) is 24.0. The molecule has 1 unspecified atom stereocenters. The Kier molecular flexibility index (Phi) is 6.89. The molecule has 2 atom stereocenters. The number of carbonyl (C=O) groups excluding carboxylic acids is 1. The van der Waals surface area contributed by atoms with E-state index in [1.165, 1.54) is 13.2 Å². The molecule has 0 fully saturated rings. The van der Waals surface area contributed by atoms with Crippen LogP contribution in [0.1, 0.15) is 52.7 Å². The number of esters is 1. The maximum absolute atomic E-state index is 15.3. The van der Waals surface area contributed by atoms with Crippen LogP contribution in [0.3, 0.4) is 0 Å². The minimum Gasteiger partial charge on any atom is -0.492 e. The fourth-order valence-electron chi connectivity index (χ4n) is 6.26. The van der Waals surface area contributed by atoms with Crippen molar-refractivity contribution in [3.05, 3.63) is 105 Å². The summed E-state index contributed by atoms with van der Waals surface area (Å²) in [5.41, 5.74) is 8.55. The molecule has 0 amide bonds. The van der Waals surface area contributed by atoms with Crippen LogP contribution in [-0.4, -0.2) is 24.3 Å². The van der Waals surface area contributed by atoms with Crippen molar-refractivity contribution in [2.75, 3.05) is 13.7 Å². The molecule has 1 aromatic heterocycles. The van der Waals surface area contributed by atoms with E-state index in [-0.39, 0.29) is 29.7 Å². The molecular formula is C34H32FNO5. The number of rotatable bonds is 6. The third-order valence-electron chi connectivity index (χ3n) is 8.31.